The van der Waals surface area contributed by atoms with Crippen molar-refractivity contribution in [3.05, 3.63) is 60.3 Å². The second-order valence-electron chi connectivity index (χ2n) is 6.27. The van der Waals surface area contributed by atoms with Gasteiger partial charge in [0.2, 0.25) is 0 Å². The van der Waals surface area contributed by atoms with Crippen LogP contribution in [0.25, 0.3) is 0 Å². The number of para-hydroxylation sites is 1. The molecule has 1 aromatic heterocycles. The van der Waals surface area contributed by atoms with Crippen molar-refractivity contribution in [2.45, 2.75) is 4.90 Å². The minimum Gasteiger partial charge on any atom is -0.456 e. The highest BCUT2D eigenvalue weighted by molar-refractivity contribution is 7.90. The molecule has 0 amide bonds. The number of nitrogens with zero attached hydrogens (tertiary/aromatic N) is 4. The third-order valence-corrected chi connectivity index (χ3v) is 5.33. The molecule has 0 spiro atoms. The number of fused-ring (bicyclic) bond motifs is 1. The van der Waals surface area contributed by atoms with Crippen molar-refractivity contribution < 1.29 is 13.2 Å². The summed E-state index contributed by atoms with van der Waals surface area (Å²) in [4.78, 5) is 6.55. The standard InChI is InChI=1S/C19H18N4O3S/c1-22-10-9-19(21-22)23-13-20-12-14-11-15(7-8-16(14)23)26-17-5-3-4-6-18(17)27(2,24)25/h3-12H,13H2,1-2H3. The first-order chi connectivity index (χ1) is 12.9. The Morgan fingerprint density at radius 1 is 1.11 bits per heavy atom. The Balaban J connectivity index is 1.68. The topological polar surface area (TPSA) is 76.8 Å². The quantitative estimate of drug-likeness (QED) is 0.693. The Bertz CT molecular complexity index is 1140. The molecule has 2 aromatic carbocycles. The molecule has 138 valence electrons. The number of hydrogen-bond donors (Lipinski definition) is 0. The molecule has 0 bridgehead atoms. The van der Waals surface area contributed by atoms with Gasteiger partial charge in [-0.25, -0.2) is 8.42 Å². The first-order valence-corrected chi connectivity index (χ1v) is 10.2. The summed E-state index contributed by atoms with van der Waals surface area (Å²) in [6, 6.07) is 14.1. The second-order valence-corrected chi connectivity index (χ2v) is 8.25. The molecular formula is C19H18N4O3S. The van der Waals surface area contributed by atoms with Crippen molar-refractivity contribution >= 4 is 27.6 Å². The van der Waals surface area contributed by atoms with E-state index in [0.717, 1.165) is 17.1 Å². The van der Waals surface area contributed by atoms with Crippen molar-refractivity contribution in [3.63, 3.8) is 0 Å². The fraction of sp³-hybridized carbons (Fsp3) is 0.158. The highest BCUT2D eigenvalue weighted by Crippen LogP contribution is 2.34. The van der Waals surface area contributed by atoms with Crippen LogP contribution in [0, 0.1) is 0 Å². The zero-order valence-corrected chi connectivity index (χ0v) is 15.7. The first-order valence-electron chi connectivity index (χ1n) is 8.30. The largest absolute Gasteiger partial charge is 0.456 e. The van der Waals surface area contributed by atoms with Gasteiger partial charge in [0.1, 0.15) is 23.1 Å². The molecule has 0 N–H and O–H groups in total. The summed E-state index contributed by atoms with van der Waals surface area (Å²) in [6.07, 6.45) is 4.83. The van der Waals surface area contributed by atoms with Gasteiger partial charge in [0.15, 0.2) is 15.7 Å². The van der Waals surface area contributed by atoms with Crippen LogP contribution < -0.4 is 9.64 Å². The third-order valence-electron chi connectivity index (χ3n) is 4.20. The van der Waals surface area contributed by atoms with Crippen molar-refractivity contribution in [3.8, 4) is 11.5 Å². The Labute approximate surface area is 157 Å². The number of aliphatic imine (C=N–C) groups is 1. The van der Waals surface area contributed by atoms with Crippen molar-refractivity contribution in [1.82, 2.24) is 9.78 Å². The average Bonchev–Trinajstić information content (AvgIpc) is 3.07. The van der Waals surface area contributed by atoms with Crippen LogP contribution in [0.4, 0.5) is 11.5 Å². The lowest BCUT2D eigenvalue weighted by molar-refractivity contribution is 0.467. The molecule has 27 heavy (non-hydrogen) atoms. The minimum atomic E-state index is -3.38. The maximum absolute atomic E-state index is 12.0. The Morgan fingerprint density at radius 3 is 2.67 bits per heavy atom. The molecule has 0 saturated heterocycles. The molecule has 4 rings (SSSR count). The maximum atomic E-state index is 12.0. The van der Waals surface area contributed by atoms with Crippen LogP contribution in [0.3, 0.4) is 0 Å². The lowest BCUT2D eigenvalue weighted by atomic mass is 10.1. The number of rotatable bonds is 4. The molecule has 1 aliphatic rings. The summed E-state index contributed by atoms with van der Waals surface area (Å²) < 4.78 is 31.5. The summed E-state index contributed by atoms with van der Waals surface area (Å²) in [5.41, 5.74) is 1.84. The van der Waals surface area contributed by atoms with Gasteiger partial charge in [-0.3, -0.25) is 9.67 Å². The Morgan fingerprint density at radius 2 is 1.93 bits per heavy atom. The van der Waals surface area contributed by atoms with Gasteiger partial charge in [0.25, 0.3) is 0 Å². The van der Waals surface area contributed by atoms with E-state index in [4.69, 9.17) is 4.74 Å². The van der Waals surface area contributed by atoms with Gasteiger partial charge in [-0.15, -0.1) is 0 Å². The molecule has 0 aliphatic carbocycles. The molecule has 0 saturated carbocycles. The van der Waals surface area contributed by atoms with Crippen molar-refractivity contribution in [2.75, 3.05) is 17.8 Å². The molecule has 0 fully saturated rings. The summed E-state index contributed by atoms with van der Waals surface area (Å²) in [5, 5.41) is 4.43. The van der Waals surface area contributed by atoms with Crippen molar-refractivity contribution in [2.24, 2.45) is 12.0 Å². The Kier molecular flexibility index (Phi) is 4.19. The molecule has 8 heteroatoms. The summed E-state index contributed by atoms with van der Waals surface area (Å²) >= 11 is 0. The van der Waals surface area contributed by atoms with E-state index in [9.17, 15) is 8.42 Å². The molecule has 2 heterocycles. The van der Waals surface area contributed by atoms with Gasteiger partial charge in [0, 0.05) is 37.3 Å². The summed E-state index contributed by atoms with van der Waals surface area (Å²) in [7, 11) is -1.51. The van der Waals surface area contributed by atoms with E-state index >= 15 is 0 Å². The maximum Gasteiger partial charge on any atom is 0.179 e. The zero-order valence-electron chi connectivity index (χ0n) is 14.9. The van der Waals surface area contributed by atoms with E-state index in [1.807, 2.05) is 42.4 Å². The van der Waals surface area contributed by atoms with Gasteiger partial charge in [0.05, 0.1) is 5.69 Å². The molecule has 0 atom stereocenters. The van der Waals surface area contributed by atoms with E-state index in [1.165, 1.54) is 12.3 Å². The normalized spacial score (nSPS) is 13.5. The Hall–Kier alpha value is -3.13. The van der Waals surface area contributed by atoms with E-state index in [0.29, 0.717) is 18.2 Å². The fourth-order valence-corrected chi connectivity index (χ4v) is 3.75. The van der Waals surface area contributed by atoms with Crippen molar-refractivity contribution in [1.29, 1.82) is 0 Å². The fourth-order valence-electron chi connectivity index (χ4n) is 2.95. The summed E-state index contributed by atoms with van der Waals surface area (Å²) in [6.45, 7) is 0.487. The highest BCUT2D eigenvalue weighted by Gasteiger charge is 2.19. The van der Waals surface area contributed by atoms with E-state index in [-0.39, 0.29) is 4.90 Å². The number of ether oxygens (including phenoxy) is 1. The minimum absolute atomic E-state index is 0.159. The van der Waals surface area contributed by atoms with E-state index in [2.05, 4.69) is 10.1 Å². The van der Waals surface area contributed by atoms with Crippen LogP contribution in [0.1, 0.15) is 5.56 Å². The number of aromatic nitrogens is 2. The van der Waals surface area contributed by atoms with Gasteiger partial charge in [-0.2, -0.15) is 5.10 Å². The van der Waals surface area contributed by atoms with E-state index in [1.54, 1.807) is 29.1 Å². The van der Waals surface area contributed by atoms with Crippen LogP contribution in [0.2, 0.25) is 0 Å². The number of hydrogen-bond acceptors (Lipinski definition) is 6. The second kappa shape index (κ2) is 6.55. The highest BCUT2D eigenvalue weighted by atomic mass is 32.2. The lowest BCUT2D eigenvalue weighted by Gasteiger charge is -2.25. The predicted octanol–water partition coefficient (Wildman–Crippen LogP) is 3.14. The molecule has 3 aromatic rings. The number of sulfone groups is 1. The zero-order chi connectivity index (χ0) is 19.0. The van der Waals surface area contributed by atoms with Gasteiger partial charge in [-0.1, -0.05) is 12.1 Å². The number of aryl methyl sites for hydroxylation is 1. The van der Waals surface area contributed by atoms with Gasteiger partial charge in [-0.05, 0) is 30.3 Å². The summed E-state index contributed by atoms with van der Waals surface area (Å²) in [5.74, 6) is 1.65. The SMILES string of the molecule is Cn1ccc(N2CN=Cc3cc(Oc4ccccc4S(C)(=O)=O)ccc32)n1. The van der Waals surface area contributed by atoms with Gasteiger partial charge >= 0.3 is 0 Å². The molecule has 7 nitrogen and oxygen atoms in total. The molecule has 0 radical (unpaired) electrons. The predicted molar refractivity (Wildman–Crippen MR) is 104 cm³/mol. The molecule has 1 aliphatic heterocycles. The van der Waals surface area contributed by atoms with Crippen LogP contribution in [0.5, 0.6) is 11.5 Å². The molecular weight excluding hydrogens is 364 g/mol. The van der Waals surface area contributed by atoms with Crippen LogP contribution in [-0.2, 0) is 16.9 Å². The molecule has 0 unspecified atom stereocenters. The smallest absolute Gasteiger partial charge is 0.179 e. The number of anilines is 2. The average molecular weight is 382 g/mol. The lowest BCUT2D eigenvalue weighted by Crippen LogP contribution is -2.22. The van der Waals surface area contributed by atoms with E-state index < -0.39 is 9.84 Å². The third kappa shape index (κ3) is 3.43. The van der Waals surface area contributed by atoms with Crippen LogP contribution >= 0.6 is 0 Å². The van der Waals surface area contributed by atoms with Crippen LogP contribution in [0.15, 0.2) is 64.6 Å². The number of benzene rings is 2. The van der Waals surface area contributed by atoms with Crippen LogP contribution in [-0.4, -0.2) is 37.3 Å². The van der Waals surface area contributed by atoms with Gasteiger partial charge < -0.3 is 9.64 Å². The first kappa shape index (κ1) is 17.3. The monoisotopic (exact) mass is 382 g/mol.